The molecule has 1 fully saturated rings. The van der Waals surface area contributed by atoms with E-state index in [4.69, 9.17) is 0 Å². The van der Waals surface area contributed by atoms with Gasteiger partial charge in [0.05, 0.1) is 16.2 Å². The molecular weight excluding hydrogens is 324 g/mol. The molecule has 0 atom stereocenters. The minimum Gasteiger partial charge on any atom is -0.502 e. The van der Waals surface area contributed by atoms with Gasteiger partial charge in [0.2, 0.25) is 0 Å². The third-order valence-electron chi connectivity index (χ3n) is 4.77. The third-order valence-corrected chi connectivity index (χ3v) is 4.77. The maximum Gasteiger partial charge on any atom is 0.311 e. The fourth-order valence-corrected chi connectivity index (χ4v) is 3.26. The molecule has 0 saturated heterocycles. The molecule has 0 radical (unpaired) electrons. The number of aromatic hydroxyl groups is 1. The Morgan fingerprint density at radius 3 is 2.92 bits per heavy atom. The van der Waals surface area contributed by atoms with E-state index in [-0.39, 0.29) is 17.0 Å². The van der Waals surface area contributed by atoms with E-state index in [9.17, 15) is 20.0 Å². The molecule has 1 aromatic carbocycles. The van der Waals surface area contributed by atoms with Crippen LogP contribution < -0.4 is 5.56 Å². The van der Waals surface area contributed by atoms with Crippen LogP contribution in [0.25, 0.3) is 0 Å². The van der Waals surface area contributed by atoms with E-state index in [1.54, 1.807) is 6.07 Å². The first kappa shape index (κ1) is 15.8. The molecule has 2 aromatic rings. The zero-order valence-electron chi connectivity index (χ0n) is 13.6. The maximum atomic E-state index is 12.4. The standard InChI is InChI=1S/C17H18N4O4/c22-15-4-1-10(7-14(15)21(24)25)8-20-6-5-13-12(9-20)17(23)19-16(18-13)11-2-3-11/h1,4,7,11,22H,2-3,5-6,8-9H2,(H,18,19,23). The van der Waals surface area contributed by atoms with Crippen LogP contribution in [-0.2, 0) is 19.5 Å². The van der Waals surface area contributed by atoms with Crippen molar-refractivity contribution in [2.24, 2.45) is 0 Å². The molecule has 1 saturated carbocycles. The number of hydrogen-bond donors (Lipinski definition) is 2. The van der Waals surface area contributed by atoms with Crippen molar-refractivity contribution in [3.63, 3.8) is 0 Å². The monoisotopic (exact) mass is 342 g/mol. The van der Waals surface area contributed by atoms with Gasteiger partial charge in [0.15, 0.2) is 5.75 Å². The molecule has 2 heterocycles. The maximum absolute atomic E-state index is 12.4. The Kier molecular flexibility index (Phi) is 3.76. The second-order valence-electron chi connectivity index (χ2n) is 6.69. The number of benzene rings is 1. The van der Waals surface area contributed by atoms with Crippen LogP contribution in [0.1, 0.15) is 41.4 Å². The average molecular weight is 342 g/mol. The van der Waals surface area contributed by atoms with Crippen LogP contribution in [0.4, 0.5) is 5.69 Å². The molecule has 8 nitrogen and oxygen atoms in total. The van der Waals surface area contributed by atoms with Crippen LogP contribution in [0.3, 0.4) is 0 Å². The lowest BCUT2D eigenvalue weighted by molar-refractivity contribution is -0.385. The number of aromatic nitrogens is 2. The lowest BCUT2D eigenvalue weighted by Crippen LogP contribution is -2.35. The van der Waals surface area contributed by atoms with Crippen LogP contribution in [0.5, 0.6) is 5.75 Å². The lowest BCUT2D eigenvalue weighted by atomic mass is 10.1. The molecule has 1 aliphatic heterocycles. The van der Waals surface area contributed by atoms with Gasteiger partial charge in [-0.1, -0.05) is 6.07 Å². The molecule has 8 heteroatoms. The molecule has 25 heavy (non-hydrogen) atoms. The quantitative estimate of drug-likeness (QED) is 0.647. The van der Waals surface area contributed by atoms with Gasteiger partial charge in [0.25, 0.3) is 5.56 Å². The van der Waals surface area contributed by atoms with Crippen molar-refractivity contribution in [1.29, 1.82) is 0 Å². The zero-order valence-corrected chi connectivity index (χ0v) is 13.6. The van der Waals surface area contributed by atoms with Crippen molar-refractivity contribution in [2.75, 3.05) is 6.54 Å². The Bertz CT molecular complexity index is 904. The Morgan fingerprint density at radius 2 is 2.20 bits per heavy atom. The molecule has 0 bridgehead atoms. The number of nitrogens with zero attached hydrogens (tertiary/aromatic N) is 3. The second kappa shape index (κ2) is 5.96. The fourth-order valence-electron chi connectivity index (χ4n) is 3.26. The summed E-state index contributed by atoms with van der Waals surface area (Å²) in [6.07, 6.45) is 2.88. The molecule has 0 spiro atoms. The molecular formula is C17H18N4O4. The summed E-state index contributed by atoms with van der Waals surface area (Å²) in [7, 11) is 0. The summed E-state index contributed by atoms with van der Waals surface area (Å²) in [5, 5.41) is 20.5. The van der Waals surface area contributed by atoms with E-state index in [0.29, 0.717) is 31.0 Å². The van der Waals surface area contributed by atoms with Crippen molar-refractivity contribution in [1.82, 2.24) is 14.9 Å². The van der Waals surface area contributed by atoms with E-state index in [1.165, 1.54) is 12.1 Å². The van der Waals surface area contributed by atoms with Gasteiger partial charge < -0.3 is 10.1 Å². The predicted molar refractivity (Wildman–Crippen MR) is 89.4 cm³/mol. The number of rotatable bonds is 4. The van der Waals surface area contributed by atoms with Crippen LogP contribution in [0.2, 0.25) is 0 Å². The largest absolute Gasteiger partial charge is 0.502 e. The minimum atomic E-state index is -0.599. The van der Waals surface area contributed by atoms with Gasteiger partial charge in [-0.15, -0.1) is 0 Å². The van der Waals surface area contributed by atoms with E-state index in [0.717, 1.165) is 36.5 Å². The smallest absolute Gasteiger partial charge is 0.311 e. The second-order valence-corrected chi connectivity index (χ2v) is 6.69. The summed E-state index contributed by atoms with van der Waals surface area (Å²) < 4.78 is 0. The van der Waals surface area contributed by atoms with Crippen molar-refractivity contribution >= 4 is 5.69 Å². The highest BCUT2D eigenvalue weighted by atomic mass is 16.6. The molecule has 2 aliphatic rings. The SMILES string of the molecule is O=c1[nH]c(C2CC2)nc2c1CN(Cc1ccc(O)c([N+](=O)[O-])c1)CC2. The first-order valence-electron chi connectivity index (χ1n) is 8.32. The number of phenolic OH excluding ortho intramolecular Hbond substituents is 1. The minimum absolute atomic E-state index is 0.0757. The number of nitro benzene ring substituents is 1. The Balaban J connectivity index is 1.54. The van der Waals surface area contributed by atoms with Crippen molar-refractivity contribution in [2.45, 2.75) is 38.3 Å². The van der Waals surface area contributed by atoms with Crippen LogP contribution in [0.15, 0.2) is 23.0 Å². The van der Waals surface area contributed by atoms with E-state index in [1.807, 2.05) is 0 Å². The van der Waals surface area contributed by atoms with Crippen LogP contribution in [0, 0.1) is 10.1 Å². The van der Waals surface area contributed by atoms with E-state index < -0.39 is 4.92 Å². The number of nitro groups is 1. The Labute approximate surface area is 143 Å². The van der Waals surface area contributed by atoms with Gasteiger partial charge >= 0.3 is 5.69 Å². The number of H-pyrrole nitrogens is 1. The first-order valence-corrected chi connectivity index (χ1v) is 8.32. The third kappa shape index (κ3) is 3.12. The molecule has 130 valence electrons. The zero-order chi connectivity index (χ0) is 17.6. The number of phenols is 1. The van der Waals surface area contributed by atoms with Gasteiger partial charge in [-0.05, 0) is 24.5 Å². The predicted octanol–water partition coefficient (Wildman–Crippen LogP) is 1.82. The van der Waals surface area contributed by atoms with Crippen molar-refractivity contribution in [3.8, 4) is 5.75 Å². The molecule has 1 aliphatic carbocycles. The fraction of sp³-hybridized carbons (Fsp3) is 0.412. The van der Waals surface area contributed by atoms with Gasteiger partial charge in [-0.3, -0.25) is 19.8 Å². The average Bonchev–Trinajstić information content (AvgIpc) is 3.42. The Morgan fingerprint density at radius 1 is 1.40 bits per heavy atom. The summed E-state index contributed by atoms with van der Waals surface area (Å²) in [5.74, 6) is 0.880. The first-order chi connectivity index (χ1) is 12.0. The van der Waals surface area contributed by atoms with Gasteiger partial charge in [-0.2, -0.15) is 0 Å². The van der Waals surface area contributed by atoms with Gasteiger partial charge in [0, 0.05) is 38.0 Å². The summed E-state index contributed by atoms with van der Waals surface area (Å²) >= 11 is 0. The number of hydrogen-bond acceptors (Lipinski definition) is 6. The van der Waals surface area contributed by atoms with Crippen molar-refractivity contribution < 1.29 is 10.0 Å². The molecule has 0 amide bonds. The van der Waals surface area contributed by atoms with Gasteiger partial charge in [0.1, 0.15) is 5.82 Å². The number of aromatic amines is 1. The lowest BCUT2D eigenvalue weighted by Gasteiger charge is -2.27. The highest BCUT2D eigenvalue weighted by Crippen LogP contribution is 2.37. The molecule has 1 aromatic heterocycles. The highest BCUT2D eigenvalue weighted by Gasteiger charge is 2.29. The molecule has 0 unspecified atom stereocenters. The summed E-state index contributed by atoms with van der Waals surface area (Å²) in [6.45, 7) is 1.68. The summed E-state index contributed by atoms with van der Waals surface area (Å²) in [4.78, 5) is 32.3. The van der Waals surface area contributed by atoms with E-state index >= 15 is 0 Å². The van der Waals surface area contributed by atoms with Crippen molar-refractivity contribution in [3.05, 3.63) is 61.3 Å². The molecule has 2 N–H and O–H groups in total. The summed E-state index contributed by atoms with van der Waals surface area (Å²) in [6, 6.07) is 4.38. The van der Waals surface area contributed by atoms with E-state index in [2.05, 4.69) is 14.9 Å². The Hall–Kier alpha value is -2.74. The normalized spacial score (nSPS) is 17.3. The topological polar surface area (TPSA) is 112 Å². The highest BCUT2D eigenvalue weighted by molar-refractivity contribution is 5.47. The summed E-state index contributed by atoms with van der Waals surface area (Å²) in [5.41, 5.74) is 1.91. The van der Waals surface area contributed by atoms with Crippen LogP contribution in [-0.4, -0.2) is 31.4 Å². The van der Waals surface area contributed by atoms with Gasteiger partial charge in [-0.25, -0.2) is 4.98 Å². The van der Waals surface area contributed by atoms with Crippen LogP contribution >= 0.6 is 0 Å². The number of nitrogens with one attached hydrogen (secondary N) is 1. The number of fused-ring (bicyclic) bond motifs is 1. The molecule has 4 rings (SSSR count).